The van der Waals surface area contributed by atoms with Crippen LogP contribution in [0.5, 0.6) is 0 Å². The van der Waals surface area contributed by atoms with E-state index in [0.717, 1.165) is 31.6 Å². The van der Waals surface area contributed by atoms with Crippen LogP contribution in [0.4, 0.5) is 0 Å². The number of carboxylic acids is 1. The van der Waals surface area contributed by atoms with Crippen molar-refractivity contribution in [3.05, 3.63) is 22.6 Å². The normalized spacial score (nSPS) is 23.5. The van der Waals surface area contributed by atoms with Crippen LogP contribution < -0.4 is 0 Å². The maximum Gasteiger partial charge on any atom is 0.320 e. The van der Waals surface area contributed by atoms with Gasteiger partial charge in [-0.15, -0.1) is 0 Å². The summed E-state index contributed by atoms with van der Waals surface area (Å²) in [6, 6.07) is 3.35. The largest absolute Gasteiger partial charge is 0.480 e. The third kappa shape index (κ3) is 2.72. The van der Waals surface area contributed by atoms with Gasteiger partial charge < -0.3 is 9.52 Å². The van der Waals surface area contributed by atoms with Gasteiger partial charge in [0.25, 0.3) is 0 Å². The lowest BCUT2D eigenvalue weighted by molar-refractivity contribution is -0.145. The molecule has 0 amide bonds. The van der Waals surface area contributed by atoms with E-state index in [1.165, 1.54) is 0 Å². The van der Waals surface area contributed by atoms with E-state index in [4.69, 9.17) is 4.42 Å². The highest BCUT2D eigenvalue weighted by Gasteiger charge is 2.33. The molecular weight excluding hydrogens is 286 g/mol. The van der Waals surface area contributed by atoms with Gasteiger partial charge in [-0.05, 0) is 54.4 Å². The number of hydrogen-bond donors (Lipinski definition) is 1. The van der Waals surface area contributed by atoms with Crippen molar-refractivity contribution in [2.24, 2.45) is 0 Å². The van der Waals surface area contributed by atoms with Gasteiger partial charge >= 0.3 is 5.97 Å². The van der Waals surface area contributed by atoms with Crippen molar-refractivity contribution in [1.29, 1.82) is 0 Å². The van der Waals surface area contributed by atoms with E-state index in [9.17, 15) is 9.90 Å². The molecular formula is C12H16BrNO3. The van der Waals surface area contributed by atoms with Gasteiger partial charge in [0.2, 0.25) is 0 Å². The van der Waals surface area contributed by atoms with Crippen LogP contribution in [0.3, 0.4) is 0 Å². The molecule has 0 aromatic carbocycles. The SMILES string of the molecule is CC(c1ccc(Br)o1)N1CCCCC1C(=O)O. The van der Waals surface area contributed by atoms with E-state index in [-0.39, 0.29) is 12.1 Å². The highest BCUT2D eigenvalue weighted by Crippen LogP contribution is 2.30. The number of aliphatic carboxylic acids is 1. The Labute approximate surface area is 109 Å². The number of hydrogen-bond acceptors (Lipinski definition) is 3. The first-order valence-electron chi connectivity index (χ1n) is 5.83. The monoisotopic (exact) mass is 301 g/mol. The van der Waals surface area contributed by atoms with E-state index in [0.29, 0.717) is 4.67 Å². The number of rotatable bonds is 3. The lowest BCUT2D eigenvalue weighted by atomic mass is 9.99. The third-order valence-corrected chi connectivity index (χ3v) is 3.76. The van der Waals surface area contributed by atoms with Gasteiger partial charge in [0.05, 0.1) is 6.04 Å². The molecule has 1 aliphatic rings. The molecule has 5 heteroatoms. The topological polar surface area (TPSA) is 53.7 Å². The van der Waals surface area contributed by atoms with Crippen LogP contribution in [0.25, 0.3) is 0 Å². The molecule has 17 heavy (non-hydrogen) atoms. The average Bonchev–Trinajstić information content (AvgIpc) is 2.75. The van der Waals surface area contributed by atoms with Gasteiger partial charge in [0.15, 0.2) is 4.67 Å². The molecule has 0 aliphatic carbocycles. The summed E-state index contributed by atoms with van der Waals surface area (Å²) in [4.78, 5) is 13.2. The maximum atomic E-state index is 11.2. The fourth-order valence-corrected chi connectivity index (χ4v) is 2.72. The Kier molecular flexibility index (Phi) is 3.89. The number of carboxylic acid groups (broad SMARTS) is 1. The molecule has 1 saturated heterocycles. The number of piperidine rings is 1. The van der Waals surface area contributed by atoms with Crippen LogP contribution in [0.1, 0.15) is 38.0 Å². The molecule has 94 valence electrons. The van der Waals surface area contributed by atoms with Crippen LogP contribution in [0, 0.1) is 0 Å². The van der Waals surface area contributed by atoms with Crippen LogP contribution in [0.2, 0.25) is 0 Å². The van der Waals surface area contributed by atoms with E-state index < -0.39 is 5.97 Å². The first-order valence-corrected chi connectivity index (χ1v) is 6.62. The van der Waals surface area contributed by atoms with Crippen molar-refractivity contribution in [2.45, 2.75) is 38.3 Å². The molecule has 0 bridgehead atoms. The quantitative estimate of drug-likeness (QED) is 0.932. The van der Waals surface area contributed by atoms with E-state index in [1.54, 1.807) is 0 Å². The van der Waals surface area contributed by atoms with Crippen LogP contribution in [0.15, 0.2) is 21.2 Å². The predicted molar refractivity (Wildman–Crippen MR) is 66.8 cm³/mol. The van der Waals surface area contributed by atoms with Crippen LogP contribution in [-0.4, -0.2) is 28.6 Å². The van der Waals surface area contributed by atoms with E-state index in [2.05, 4.69) is 15.9 Å². The van der Waals surface area contributed by atoms with E-state index in [1.807, 2.05) is 24.0 Å². The number of furan rings is 1. The predicted octanol–water partition coefficient (Wildman–Crippen LogP) is 3.04. The van der Waals surface area contributed by atoms with Gasteiger partial charge in [0, 0.05) is 0 Å². The number of halogens is 1. The Morgan fingerprint density at radius 1 is 1.59 bits per heavy atom. The number of likely N-dealkylation sites (tertiary alicyclic amines) is 1. The number of carbonyl (C=O) groups is 1. The molecule has 1 aliphatic heterocycles. The zero-order chi connectivity index (χ0) is 12.4. The van der Waals surface area contributed by atoms with E-state index >= 15 is 0 Å². The highest BCUT2D eigenvalue weighted by molar-refractivity contribution is 9.10. The summed E-state index contributed by atoms with van der Waals surface area (Å²) in [5.41, 5.74) is 0. The standard InChI is InChI=1S/C12H16BrNO3/c1-8(10-5-6-11(13)17-10)14-7-3-2-4-9(14)12(15)16/h5-6,8-9H,2-4,7H2,1H3,(H,15,16). The zero-order valence-corrected chi connectivity index (χ0v) is 11.3. The summed E-state index contributed by atoms with van der Waals surface area (Å²) >= 11 is 3.27. The Bertz CT molecular complexity index is 404. The van der Waals surface area contributed by atoms with Crippen molar-refractivity contribution in [1.82, 2.24) is 4.90 Å². The van der Waals surface area contributed by atoms with Gasteiger partial charge in [-0.1, -0.05) is 6.42 Å². The summed E-state index contributed by atoms with van der Waals surface area (Å²) in [5.74, 6) is 0.0761. The fourth-order valence-electron chi connectivity index (χ4n) is 2.40. The minimum Gasteiger partial charge on any atom is -0.480 e. The second-order valence-electron chi connectivity index (χ2n) is 4.41. The first-order chi connectivity index (χ1) is 8.09. The summed E-state index contributed by atoms with van der Waals surface area (Å²) < 4.78 is 6.19. The van der Waals surface area contributed by atoms with Crippen molar-refractivity contribution >= 4 is 21.9 Å². The van der Waals surface area contributed by atoms with Gasteiger partial charge in [-0.2, -0.15) is 0 Å². The molecule has 2 heterocycles. The number of nitrogens with zero attached hydrogens (tertiary/aromatic N) is 1. The Morgan fingerprint density at radius 3 is 2.94 bits per heavy atom. The molecule has 1 N–H and O–H groups in total. The third-order valence-electron chi connectivity index (χ3n) is 3.33. The molecule has 2 atom stereocenters. The van der Waals surface area contributed by atoms with Crippen LogP contribution in [-0.2, 0) is 4.79 Å². The molecule has 1 aromatic heterocycles. The Hall–Kier alpha value is -0.810. The summed E-state index contributed by atoms with van der Waals surface area (Å²) in [7, 11) is 0. The molecule has 0 radical (unpaired) electrons. The van der Waals surface area contributed by atoms with Crippen molar-refractivity contribution in [3.63, 3.8) is 0 Å². The maximum absolute atomic E-state index is 11.2. The van der Waals surface area contributed by atoms with Gasteiger partial charge in [-0.25, -0.2) is 0 Å². The molecule has 1 fully saturated rings. The Balaban J connectivity index is 2.16. The molecule has 0 saturated carbocycles. The molecule has 2 rings (SSSR count). The minimum atomic E-state index is -0.734. The summed E-state index contributed by atoms with van der Waals surface area (Å²) in [6.45, 7) is 2.81. The zero-order valence-electron chi connectivity index (χ0n) is 9.73. The lowest BCUT2D eigenvalue weighted by Crippen LogP contribution is -2.45. The second-order valence-corrected chi connectivity index (χ2v) is 5.19. The van der Waals surface area contributed by atoms with Crippen molar-refractivity contribution in [2.75, 3.05) is 6.54 Å². The van der Waals surface area contributed by atoms with Gasteiger partial charge in [0.1, 0.15) is 11.8 Å². The van der Waals surface area contributed by atoms with Crippen molar-refractivity contribution in [3.8, 4) is 0 Å². The second kappa shape index (κ2) is 5.23. The summed E-state index contributed by atoms with van der Waals surface area (Å²) in [5, 5.41) is 9.23. The smallest absolute Gasteiger partial charge is 0.320 e. The van der Waals surface area contributed by atoms with Crippen LogP contribution >= 0.6 is 15.9 Å². The van der Waals surface area contributed by atoms with Gasteiger partial charge in [-0.3, -0.25) is 9.69 Å². The van der Waals surface area contributed by atoms with Crippen molar-refractivity contribution < 1.29 is 14.3 Å². The summed E-state index contributed by atoms with van der Waals surface area (Å²) in [6.07, 6.45) is 2.76. The highest BCUT2D eigenvalue weighted by atomic mass is 79.9. The lowest BCUT2D eigenvalue weighted by Gasteiger charge is -2.36. The first kappa shape index (κ1) is 12.6. The Morgan fingerprint density at radius 2 is 2.35 bits per heavy atom. The molecule has 1 aromatic rings. The average molecular weight is 302 g/mol. The fraction of sp³-hybridized carbons (Fsp3) is 0.583. The molecule has 2 unspecified atom stereocenters. The minimum absolute atomic E-state index is 0.00250. The molecule has 0 spiro atoms. The molecule has 4 nitrogen and oxygen atoms in total.